The van der Waals surface area contributed by atoms with Gasteiger partial charge in [0.1, 0.15) is 5.75 Å². The average molecular weight is 321 g/mol. The lowest BCUT2D eigenvalue weighted by Crippen LogP contribution is -2.52. The lowest BCUT2D eigenvalue weighted by molar-refractivity contribution is 0.414. The van der Waals surface area contributed by atoms with Gasteiger partial charge in [-0.05, 0) is 48.4 Å². The number of anilines is 1. The Morgan fingerprint density at radius 1 is 1.12 bits per heavy atom. The Hall–Kier alpha value is -2.46. The summed E-state index contributed by atoms with van der Waals surface area (Å²) in [6.45, 7) is 3.08. The molecule has 124 valence electrons. The normalized spacial score (nSPS) is 18.0. The quantitative estimate of drug-likeness (QED) is 0.775. The van der Waals surface area contributed by atoms with Crippen molar-refractivity contribution in [2.24, 2.45) is 0 Å². The molecule has 2 heterocycles. The van der Waals surface area contributed by atoms with Crippen LogP contribution in [0.3, 0.4) is 0 Å². The SMILES string of the molecule is COc1ccc(CC2CNCCN2c2ccc3[nH]ccc3c2)cc1. The highest BCUT2D eigenvalue weighted by atomic mass is 16.5. The summed E-state index contributed by atoms with van der Waals surface area (Å²) in [5, 5.41) is 4.81. The number of piperazine rings is 1. The molecule has 0 aliphatic carbocycles. The lowest BCUT2D eigenvalue weighted by Gasteiger charge is -2.38. The van der Waals surface area contributed by atoms with Gasteiger partial charge in [0.05, 0.1) is 7.11 Å². The molecule has 2 aromatic carbocycles. The maximum absolute atomic E-state index is 5.26. The van der Waals surface area contributed by atoms with Crippen molar-refractivity contribution < 1.29 is 4.74 Å². The number of ether oxygens (including phenoxy) is 1. The standard InChI is InChI=1S/C20H23N3O/c1-24-19-5-2-15(3-6-19)12-18-14-21-10-11-23(18)17-4-7-20-16(13-17)8-9-22-20/h2-9,13,18,21-22H,10-12,14H2,1H3. The van der Waals surface area contributed by atoms with Gasteiger partial charge in [-0.2, -0.15) is 0 Å². The van der Waals surface area contributed by atoms with E-state index in [-0.39, 0.29) is 0 Å². The van der Waals surface area contributed by atoms with Crippen molar-refractivity contribution >= 4 is 16.6 Å². The Morgan fingerprint density at radius 3 is 2.83 bits per heavy atom. The van der Waals surface area contributed by atoms with Crippen molar-refractivity contribution in [1.29, 1.82) is 0 Å². The van der Waals surface area contributed by atoms with E-state index < -0.39 is 0 Å². The van der Waals surface area contributed by atoms with Crippen LogP contribution in [0, 0.1) is 0 Å². The Bertz CT molecular complexity index is 809. The summed E-state index contributed by atoms with van der Waals surface area (Å²) in [5.74, 6) is 0.912. The van der Waals surface area contributed by atoms with E-state index in [1.807, 2.05) is 18.3 Å². The monoisotopic (exact) mass is 321 g/mol. The fraction of sp³-hybridized carbons (Fsp3) is 0.300. The maximum atomic E-state index is 5.26. The molecule has 2 N–H and O–H groups in total. The van der Waals surface area contributed by atoms with Crippen LogP contribution in [-0.4, -0.2) is 37.8 Å². The number of nitrogens with one attached hydrogen (secondary N) is 2. The largest absolute Gasteiger partial charge is 0.497 e. The predicted octanol–water partition coefficient (Wildman–Crippen LogP) is 3.20. The first-order chi connectivity index (χ1) is 11.8. The third-order valence-electron chi connectivity index (χ3n) is 4.85. The molecule has 4 heteroatoms. The van der Waals surface area contributed by atoms with Gasteiger partial charge >= 0.3 is 0 Å². The zero-order valence-electron chi connectivity index (χ0n) is 14.0. The smallest absolute Gasteiger partial charge is 0.118 e. The van der Waals surface area contributed by atoms with Crippen molar-refractivity contribution in [2.75, 3.05) is 31.6 Å². The summed E-state index contributed by atoms with van der Waals surface area (Å²) in [5.41, 5.74) is 3.85. The summed E-state index contributed by atoms with van der Waals surface area (Å²) in [6.07, 6.45) is 3.03. The molecule has 1 aromatic heterocycles. The van der Waals surface area contributed by atoms with E-state index in [2.05, 4.69) is 51.6 Å². The van der Waals surface area contributed by atoms with Crippen LogP contribution < -0.4 is 15.0 Å². The number of fused-ring (bicyclic) bond motifs is 1. The maximum Gasteiger partial charge on any atom is 0.118 e. The summed E-state index contributed by atoms with van der Waals surface area (Å²) in [7, 11) is 1.71. The second-order valence-corrected chi connectivity index (χ2v) is 6.35. The number of hydrogen-bond acceptors (Lipinski definition) is 3. The Kier molecular flexibility index (Phi) is 4.13. The summed E-state index contributed by atoms with van der Waals surface area (Å²) in [6, 6.07) is 17.7. The molecule has 4 rings (SSSR count). The minimum atomic E-state index is 0.462. The van der Waals surface area contributed by atoms with E-state index in [4.69, 9.17) is 4.74 Å². The van der Waals surface area contributed by atoms with Gasteiger partial charge in [-0.25, -0.2) is 0 Å². The van der Waals surface area contributed by atoms with Gasteiger partial charge in [-0.1, -0.05) is 12.1 Å². The van der Waals surface area contributed by atoms with Crippen molar-refractivity contribution in [1.82, 2.24) is 10.3 Å². The molecular formula is C20H23N3O. The van der Waals surface area contributed by atoms with Gasteiger partial charge in [0.15, 0.2) is 0 Å². The van der Waals surface area contributed by atoms with Crippen molar-refractivity contribution in [3.8, 4) is 5.75 Å². The van der Waals surface area contributed by atoms with Crippen LogP contribution in [0.2, 0.25) is 0 Å². The minimum Gasteiger partial charge on any atom is -0.497 e. The molecule has 0 amide bonds. The van der Waals surface area contributed by atoms with E-state index in [9.17, 15) is 0 Å². The van der Waals surface area contributed by atoms with Crippen molar-refractivity contribution in [2.45, 2.75) is 12.5 Å². The molecule has 1 aliphatic heterocycles. The number of aromatic amines is 1. The molecule has 0 saturated carbocycles. The van der Waals surface area contributed by atoms with E-state index in [1.165, 1.54) is 22.2 Å². The highest BCUT2D eigenvalue weighted by Crippen LogP contribution is 2.25. The van der Waals surface area contributed by atoms with Crippen molar-refractivity contribution in [3.63, 3.8) is 0 Å². The first-order valence-corrected chi connectivity index (χ1v) is 8.51. The molecule has 1 saturated heterocycles. The molecule has 0 spiro atoms. The first kappa shape index (κ1) is 15.1. The second kappa shape index (κ2) is 6.57. The van der Waals surface area contributed by atoms with Crippen LogP contribution in [0.25, 0.3) is 10.9 Å². The van der Waals surface area contributed by atoms with Gasteiger partial charge in [0.25, 0.3) is 0 Å². The topological polar surface area (TPSA) is 40.3 Å². The van der Waals surface area contributed by atoms with Gasteiger partial charge in [0, 0.05) is 48.5 Å². The van der Waals surface area contributed by atoms with E-state index in [0.29, 0.717) is 6.04 Å². The molecule has 24 heavy (non-hydrogen) atoms. The number of rotatable bonds is 4. The van der Waals surface area contributed by atoms with E-state index in [1.54, 1.807) is 7.11 Å². The van der Waals surface area contributed by atoms with Gasteiger partial charge in [-0.3, -0.25) is 0 Å². The van der Waals surface area contributed by atoms with Gasteiger partial charge in [-0.15, -0.1) is 0 Å². The number of benzene rings is 2. The van der Waals surface area contributed by atoms with Crippen LogP contribution in [-0.2, 0) is 6.42 Å². The van der Waals surface area contributed by atoms with Crippen LogP contribution in [0.5, 0.6) is 5.75 Å². The zero-order chi connectivity index (χ0) is 16.4. The van der Waals surface area contributed by atoms with Crippen LogP contribution in [0.15, 0.2) is 54.7 Å². The Labute approximate surface area is 142 Å². The average Bonchev–Trinajstić information content (AvgIpc) is 3.10. The number of H-pyrrole nitrogens is 1. The molecule has 1 atom stereocenters. The first-order valence-electron chi connectivity index (χ1n) is 8.51. The van der Waals surface area contributed by atoms with Crippen LogP contribution in [0.1, 0.15) is 5.56 Å². The molecule has 1 unspecified atom stereocenters. The third-order valence-corrected chi connectivity index (χ3v) is 4.85. The molecule has 1 fully saturated rings. The minimum absolute atomic E-state index is 0.462. The van der Waals surface area contributed by atoms with E-state index >= 15 is 0 Å². The van der Waals surface area contributed by atoms with Gasteiger partial charge < -0.3 is 19.9 Å². The molecule has 0 radical (unpaired) electrons. The summed E-state index contributed by atoms with van der Waals surface area (Å²) in [4.78, 5) is 5.80. The molecule has 4 nitrogen and oxygen atoms in total. The summed E-state index contributed by atoms with van der Waals surface area (Å²) >= 11 is 0. The number of aromatic nitrogens is 1. The van der Waals surface area contributed by atoms with E-state index in [0.717, 1.165) is 31.8 Å². The molecule has 1 aliphatic rings. The predicted molar refractivity (Wildman–Crippen MR) is 99.0 cm³/mol. The Morgan fingerprint density at radius 2 is 2.00 bits per heavy atom. The fourth-order valence-corrected chi connectivity index (χ4v) is 3.54. The van der Waals surface area contributed by atoms with Crippen LogP contribution in [0.4, 0.5) is 5.69 Å². The second-order valence-electron chi connectivity index (χ2n) is 6.35. The molecule has 0 bridgehead atoms. The number of nitrogens with zero attached hydrogens (tertiary/aromatic N) is 1. The van der Waals surface area contributed by atoms with Crippen molar-refractivity contribution in [3.05, 3.63) is 60.3 Å². The van der Waals surface area contributed by atoms with Gasteiger partial charge in [0.2, 0.25) is 0 Å². The fourth-order valence-electron chi connectivity index (χ4n) is 3.54. The zero-order valence-corrected chi connectivity index (χ0v) is 14.0. The third kappa shape index (κ3) is 2.97. The number of hydrogen-bond donors (Lipinski definition) is 2. The Balaban J connectivity index is 1.57. The highest BCUT2D eigenvalue weighted by molar-refractivity contribution is 5.83. The lowest BCUT2D eigenvalue weighted by atomic mass is 10.0. The number of methoxy groups -OCH3 is 1. The molecule has 3 aromatic rings. The molecular weight excluding hydrogens is 298 g/mol. The van der Waals surface area contributed by atoms with Crippen LogP contribution >= 0.6 is 0 Å². The summed E-state index contributed by atoms with van der Waals surface area (Å²) < 4.78 is 5.26. The highest BCUT2D eigenvalue weighted by Gasteiger charge is 2.23.